The molecule has 5 heteroatoms. The van der Waals surface area contributed by atoms with Crippen molar-refractivity contribution in [1.82, 2.24) is 4.90 Å². The molecule has 128 valence electrons. The van der Waals surface area contributed by atoms with Crippen LogP contribution in [0.4, 0.5) is 4.79 Å². The van der Waals surface area contributed by atoms with Crippen molar-refractivity contribution in [1.29, 1.82) is 5.26 Å². The number of nitrogens with zero attached hydrogens (tertiary/aromatic N) is 2. The van der Waals surface area contributed by atoms with E-state index in [4.69, 9.17) is 4.74 Å². The Bertz CT molecular complexity index is 878. The highest BCUT2D eigenvalue weighted by atomic mass is 79.9. The molecule has 0 radical (unpaired) electrons. The Morgan fingerprint density at radius 3 is 2.64 bits per heavy atom. The lowest BCUT2D eigenvalue weighted by Crippen LogP contribution is -2.33. The minimum absolute atomic E-state index is 0.314. The van der Waals surface area contributed by atoms with Gasteiger partial charge in [-0.3, -0.25) is 4.90 Å². The van der Waals surface area contributed by atoms with E-state index in [1.165, 1.54) is 0 Å². The highest BCUT2D eigenvalue weighted by Gasteiger charge is 2.29. The number of hydrogen-bond donors (Lipinski definition) is 0. The Kier molecular flexibility index (Phi) is 4.57. The number of carbonyl (C=O) groups is 1. The molecular formula is C20H19BrN2O2. The number of carbonyl (C=O) groups excluding carboxylic acids is 1. The SMILES string of the molecule is CC(C)(C)OC(=O)N1Cc2cccc(-c3ccc(Br)cc3C#N)c2C1. The van der Waals surface area contributed by atoms with Crippen molar-refractivity contribution >= 4 is 22.0 Å². The van der Waals surface area contributed by atoms with E-state index >= 15 is 0 Å². The van der Waals surface area contributed by atoms with Gasteiger partial charge in [0.05, 0.1) is 18.2 Å². The predicted molar refractivity (Wildman–Crippen MR) is 99.8 cm³/mol. The molecule has 0 bridgehead atoms. The summed E-state index contributed by atoms with van der Waals surface area (Å²) in [4.78, 5) is 14.1. The third kappa shape index (κ3) is 3.69. The monoisotopic (exact) mass is 398 g/mol. The third-order valence-corrected chi connectivity index (χ3v) is 4.52. The summed E-state index contributed by atoms with van der Waals surface area (Å²) in [6.45, 7) is 6.60. The number of nitriles is 1. The van der Waals surface area contributed by atoms with Crippen molar-refractivity contribution in [2.24, 2.45) is 0 Å². The zero-order valence-corrected chi connectivity index (χ0v) is 16.1. The van der Waals surface area contributed by atoms with E-state index in [9.17, 15) is 10.1 Å². The number of fused-ring (bicyclic) bond motifs is 1. The number of halogens is 1. The van der Waals surface area contributed by atoms with Gasteiger partial charge in [-0.1, -0.05) is 40.2 Å². The van der Waals surface area contributed by atoms with Gasteiger partial charge >= 0.3 is 6.09 Å². The predicted octanol–water partition coefficient (Wildman–Crippen LogP) is 5.24. The topological polar surface area (TPSA) is 53.3 Å². The molecule has 1 aliphatic rings. The van der Waals surface area contributed by atoms with Crippen LogP contribution in [0.25, 0.3) is 11.1 Å². The molecule has 3 rings (SSSR count). The van der Waals surface area contributed by atoms with E-state index in [0.717, 1.165) is 26.7 Å². The van der Waals surface area contributed by atoms with Gasteiger partial charge in [0.25, 0.3) is 0 Å². The summed E-state index contributed by atoms with van der Waals surface area (Å²) in [7, 11) is 0. The molecule has 1 aliphatic heterocycles. The summed E-state index contributed by atoms with van der Waals surface area (Å²) in [5.74, 6) is 0. The first-order valence-electron chi connectivity index (χ1n) is 8.07. The molecule has 0 atom stereocenters. The molecule has 25 heavy (non-hydrogen) atoms. The van der Waals surface area contributed by atoms with Crippen LogP contribution in [0.3, 0.4) is 0 Å². The fourth-order valence-corrected chi connectivity index (χ4v) is 3.33. The van der Waals surface area contributed by atoms with Crippen molar-refractivity contribution in [2.75, 3.05) is 0 Å². The number of ether oxygens (including phenoxy) is 1. The molecule has 1 heterocycles. The second kappa shape index (κ2) is 6.53. The highest BCUT2D eigenvalue weighted by Crippen LogP contribution is 2.35. The first kappa shape index (κ1) is 17.5. The Hall–Kier alpha value is -2.32. The quantitative estimate of drug-likeness (QED) is 0.659. The van der Waals surface area contributed by atoms with Crippen LogP contribution in [0.1, 0.15) is 37.5 Å². The lowest BCUT2D eigenvalue weighted by molar-refractivity contribution is 0.0242. The van der Waals surface area contributed by atoms with Crippen LogP contribution in [0.15, 0.2) is 40.9 Å². The van der Waals surface area contributed by atoms with Crippen LogP contribution in [0.5, 0.6) is 0 Å². The van der Waals surface area contributed by atoms with Crippen LogP contribution in [-0.4, -0.2) is 16.6 Å². The molecule has 0 N–H and O–H groups in total. The summed E-state index contributed by atoms with van der Waals surface area (Å²) in [6.07, 6.45) is -0.314. The maximum Gasteiger partial charge on any atom is 0.410 e. The number of rotatable bonds is 1. The largest absolute Gasteiger partial charge is 0.444 e. The molecule has 0 aromatic heterocycles. The van der Waals surface area contributed by atoms with E-state index in [1.54, 1.807) is 4.90 Å². The van der Waals surface area contributed by atoms with Gasteiger partial charge in [-0.2, -0.15) is 5.26 Å². The van der Waals surface area contributed by atoms with Crippen molar-refractivity contribution in [2.45, 2.75) is 39.5 Å². The Morgan fingerprint density at radius 1 is 1.20 bits per heavy atom. The molecule has 2 aromatic rings. The molecule has 4 nitrogen and oxygen atoms in total. The molecule has 0 saturated heterocycles. The first-order valence-corrected chi connectivity index (χ1v) is 8.86. The van der Waals surface area contributed by atoms with E-state index < -0.39 is 5.60 Å². The summed E-state index contributed by atoms with van der Waals surface area (Å²) in [5, 5.41) is 9.47. The Balaban J connectivity index is 1.96. The fourth-order valence-electron chi connectivity index (χ4n) is 2.97. The van der Waals surface area contributed by atoms with Gasteiger partial charge in [0.1, 0.15) is 5.60 Å². The summed E-state index contributed by atoms with van der Waals surface area (Å²) in [5.41, 5.74) is 4.14. The van der Waals surface area contributed by atoms with Crippen LogP contribution in [-0.2, 0) is 17.8 Å². The van der Waals surface area contributed by atoms with Gasteiger partial charge in [0.15, 0.2) is 0 Å². The lowest BCUT2D eigenvalue weighted by Gasteiger charge is -2.24. The number of benzene rings is 2. The third-order valence-electron chi connectivity index (χ3n) is 4.03. The number of hydrogen-bond acceptors (Lipinski definition) is 3. The van der Waals surface area contributed by atoms with E-state index in [0.29, 0.717) is 18.7 Å². The van der Waals surface area contributed by atoms with Gasteiger partial charge < -0.3 is 4.74 Å². The van der Waals surface area contributed by atoms with Gasteiger partial charge in [0.2, 0.25) is 0 Å². The van der Waals surface area contributed by atoms with E-state index in [2.05, 4.69) is 22.0 Å². The zero-order valence-electron chi connectivity index (χ0n) is 14.5. The van der Waals surface area contributed by atoms with Gasteiger partial charge in [0, 0.05) is 11.0 Å². The molecule has 0 saturated carbocycles. The van der Waals surface area contributed by atoms with E-state index in [-0.39, 0.29) is 6.09 Å². The van der Waals surface area contributed by atoms with Crippen LogP contribution in [0.2, 0.25) is 0 Å². The van der Waals surface area contributed by atoms with Crippen molar-refractivity contribution in [3.8, 4) is 17.2 Å². The van der Waals surface area contributed by atoms with Crippen LogP contribution in [0, 0.1) is 11.3 Å². The minimum Gasteiger partial charge on any atom is -0.444 e. The maximum absolute atomic E-state index is 12.4. The summed E-state index contributed by atoms with van der Waals surface area (Å²) in [6, 6.07) is 13.9. The second-order valence-electron chi connectivity index (χ2n) is 7.08. The normalized spacial score (nSPS) is 13.3. The molecule has 0 aliphatic carbocycles. The summed E-state index contributed by atoms with van der Waals surface area (Å²) >= 11 is 3.41. The molecule has 0 fully saturated rings. The van der Waals surface area contributed by atoms with Gasteiger partial charge in [-0.15, -0.1) is 0 Å². The van der Waals surface area contributed by atoms with E-state index in [1.807, 2.05) is 57.2 Å². The highest BCUT2D eigenvalue weighted by molar-refractivity contribution is 9.10. The number of amides is 1. The molecule has 0 spiro atoms. The Morgan fingerprint density at radius 2 is 1.96 bits per heavy atom. The smallest absolute Gasteiger partial charge is 0.410 e. The molecule has 0 unspecified atom stereocenters. The second-order valence-corrected chi connectivity index (χ2v) is 8.00. The lowest BCUT2D eigenvalue weighted by atomic mass is 9.94. The average Bonchev–Trinajstić information content (AvgIpc) is 2.97. The minimum atomic E-state index is -0.519. The maximum atomic E-state index is 12.4. The van der Waals surface area contributed by atoms with Crippen LogP contribution < -0.4 is 0 Å². The first-order chi connectivity index (χ1) is 11.8. The molecular weight excluding hydrogens is 380 g/mol. The summed E-state index contributed by atoms with van der Waals surface area (Å²) < 4.78 is 6.36. The van der Waals surface area contributed by atoms with Crippen molar-refractivity contribution in [3.63, 3.8) is 0 Å². The zero-order chi connectivity index (χ0) is 18.2. The van der Waals surface area contributed by atoms with Crippen molar-refractivity contribution in [3.05, 3.63) is 57.6 Å². The van der Waals surface area contributed by atoms with Crippen LogP contribution >= 0.6 is 15.9 Å². The van der Waals surface area contributed by atoms with Gasteiger partial charge in [-0.25, -0.2) is 4.79 Å². The van der Waals surface area contributed by atoms with Gasteiger partial charge in [-0.05, 0) is 55.2 Å². The molecule has 1 amide bonds. The average molecular weight is 399 g/mol. The Labute approximate surface area is 156 Å². The standard InChI is InChI=1S/C20H19BrN2O2/c1-20(2,3)25-19(24)23-11-13-5-4-6-17(18(13)12-23)16-8-7-15(21)9-14(16)10-22/h4-9H,11-12H2,1-3H3. The van der Waals surface area contributed by atoms with Crippen molar-refractivity contribution < 1.29 is 9.53 Å². The fraction of sp³-hybridized carbons (Fsp3) is 0.300. The molecule has 2 aromatic carbocycles.